The van der Waals surface area contributed by atoms with E-state index in [0.29, 0.717) is 19.3 Å². The number of hydrogen-bond acceptors (Lipinski definition) is 10. The molecule has 0 saturated heterocycles. The average Bonchev–Trinajstić information content (AvgIpc) is 3.47. The van der Waals surface area contributed by atoms with Crippen LogP contribution in [0.25, 0.3) is 0 Å². The predicted molar refractivity (Wildman–Crippen MR) is 343 cm³/mol. The molecule has 3 atom stereocenters. The Morgan fingerprint density at radius 3 is 1.02 bits per heavy atom. The van der Waals surface area contributed by atoms with Crippen LogP contribution in [0.5, 0.6) is 0 Å². The molecule has 0 aliphatic carbocycles. The van der Waals surface area contributed by atoms with Gasteiger partial charge in [-0.05, 0) is 135 Å². The molecule has 462 valence electrons. The minimum atomic E-state index is -4.79. The number of aliphatic hydroxyl groups is 1. The third-order valence-corrected chi connectivity index (χ3v) is 13.4. The van der Waals surface area contributed by atoms with Gasteiger partial charge in [0.25, 0.3) is 0 Å². The second-order valence-electron chi connectivity index (χ2n) is 20.1. The molecule has 0 bridgehead atoms. The lowest BCUT2D eigenvalue weighted by molar-refractivity contribution is -0.161. The van der Waals surface area contributed by atoms with Crippen LogP contribution in [0.3, 0.4) is 0 Å². The zero-order valence-electron chi connectivity index (χ0n) is 51.1. The number of ether oxygens (including phenoxy) is 3. The Hall–Kier alpha value is -4.90. The number of hydrogen-bond donors (Lipinski definition) is 2. The molecule has 0 aromatic rings. The molecule has 11 nitrogen and oxygen atoms in total. The smallest absolute Gasteiger partial charge is 0.462 e. The van der Waals surface area contributed by atoms with Gasteiger partial charge in [0.2, 0.25) is 0 Å². The number of rotatable bonds is 56. The quantitative estimate of drug-likeness (QED) is 0.0197. The Balaban J connectivity index is 4.89. The summed E-state index contributed by atoms with van der Waals surface area (Å²) < 4.78 is 39.5. The van der Waals surface area contributed by atoms with Crippen molar-refractivity contribution in [1.29, 1.82) is 0 Å². The lowest BCUT2D eigenvalue weighted by Crippen LogP contribution is -2.30. The number of allylic oxidation sites excluding steroid dienone is 26. The SMILES string of the molecule is CC/C=C\C/C=C\C/C=C\C/C=C\C/C=C\C/C=C\CCC(=O)OCC(COP(=O)(O)OCC(CO)OC(=O)CCCCCC/C=C\C/C=C\C/C=C\C/C=C\CC)OC(=O)CCCCCCCC/C=C\C/C=C\C/C=C\CCCCC. The lowest BCUT2D eigenvalue weighted by atomic mass is 10.1. The van der Waals surface area contributed by atoms with E-state index in [1.165, 1.54) is 25.7 Å². The minimum absolute atomic E-state index is 0.0875. The molecular weight excluding hydrogens is 1050 g/mol. The first-order valence-corrected chi connectivity index (χ1v) is 32.9. The molecule has 0 aliphatic heterocycles. The van der Waals surface area contributed by atoms with Crippen LogP contribution in [0, 0.1) is 0 Å². The molecule has 0 rings (SSSR count). The van der Waals surface area contributed by atoms with Crippen molar-refractivity contribution in [3.63, 3.8) is 0 Å². The normalized spacial score (nSPS) is 14.4. The van der Waals surface area contributed by atoms with Gasteiger partial charge in [0, 0.05) is 19.3 Å². The van der Waals surface area contributed by atoms with E-state index >= 15 is 0 Å². The number of esters is 3. The molecule has 0 fully saturated rings. The van der Waals surface area contributed by atoms with Crippen LogP contribution < -0.4 is 0 Å². The van der Waals surface area contributed by atoms with E-state index in [0.717, 1.165) is 141 Å². The van der Waals surface area contributed by atoms with Gasteiger partial charge in [0.15, 0.2) is 6.10 Å². The van der Waals surface area contributed by atoms with Crippen molar-refractivity contribution in [2.24, 2.45) is 0 Å². The summed E-state index contributed by atoms with van der Waals surface area (Å²) in [5.41, 5.74) is 0. The fourth-order valence-corrected chi connectivity index (χ4v) is 8.52. The third-order valence-electron chi connectivity index (χ3n) is 12.4. The fourth-order valence-electron chi connectivity index (χ4n) is 7.73. The van der Waals surface area contributed by atoms with E-state index in [1.54, 1.807) is 0 Å². The number of aliphatic hydroxyl groups excluding tert-OH is 1. The highest BCUT2D eigenvalue weighted by atomic mass is 31.2. The molecule has 0 aliphatic rings. The fraction of sp³-hybridized carbons (Fsp3) is 0.586. The van der Waals surface area contributed by atoms with Crippen LogP contribution in [0.1, 0.15) is 226 Å². The molecule has 0 aromatic heterocycles. The molecule has 0 aromatic carbocycles. The minimum Gasteiger partial charge on any atom is -0.462 e. The largest absolute Gasteiger partial charge is 0.472 e. The Morgan fingerprint density at radius 1 is 0.354 bits per heavy atom. The summed E-state index contributed by atoms with van der Waals surface area (Å²) in [6.45, 7) is 4.25. The Kier molecular flexibility index (Phi) is 58.4. The number of phosphoric acid groups is 1. The highest BCUT2D eigenvalue weighted by molar-refractivity contribution is 7.47. The van der Waals surface area contributed by atoms with E-state index in [9.17, 15) is 28.9 Å². The predicted octanol–water partition coefficient (Wildman–Crippen LogP) is 19.3. The van der Waals surface area contributed by atoms with Crippen LogP contribution in [0.2, 0.25) is 0 Å². The molecule has 0 amide bonds. The van der Waals surface area contributed by atoms with Gasteiger partial charge in [0.05, 0.1) is 19.8 Å². The van der Waals surface area contributed by atoms with E-state index in [2.05, 4.69) is 167 Å². The average molecular weight is 1160 g/mol. The van der Waals surface area contributed by atoms with Crippen molar-refractivity contribution in [1.82, 2.24) is 0 Å². The van der Waals surface area contributed by atoms with Crippen molar-refractivity contribution in [3.05, 3.63) is 158 Å². The first kappa shape index (κ1) is 77.1. The van der Waals surface area contributed by atoms with E-state index in [1.807, 2.05) is 12.2 Å². The lowest BCUT2D eigenvalue weighted by Gasteiger charge is -2.21. The maximum absolute atomic E-state index is 13.0. The topological polar surface area (TPSA) is 155 Å². The standard InChI is InChI=1S/C70H111O11P/c1-4-7-10-13-16-19-22-25-28-31-33-36-38-41-44-47-50-53-56-59-68(72)77-63-67(81-70(74)61-58-55-52-49-46-43-40-37-34-32-29-26-23-20-17-14-11-8-5-2)65-79-82(75,76)78-64-66(62-71)80-69(73)60-57-54-51-48-45-42-39-35-30-27-24-21-18-15-12-9-6-3/h7,9-10,12,16-21,25-30,33-34,36-37,39,41-42,44,50,53,66-67,71H,4-6,8,11,13-15,22-24,31-32,35,38,40,43,45-49,51-52,54-65H2,1-3H3,(H,75,76)/b10-7-,12-9-,19-16-,20-17-,21-18-,28-25-,29-26-,30-27-,36-33-,37-34-,42-39-,44-41-,53-50-. The zero-order valence-corrected chi connectivity index (χ0v) is 52.0. The molecule has 0 saturated carbocycles. The van der Waals surface area contributed by atoms with Crippen LogP contribution in [0.15, 0.2) is 158 Å². The second kappa shape index (κ2) is 62.2. The molecule has 3 unspecified atom stereocenters. The summed E-state index contributed by atoms with van der Waals surface area (Å²) in [5.74, 6) is -1.62. The summed E-state index contributed by atoms with van der Waals surface area (Å²) in [6.07, 6.45) is 82.0. The first-order chi connectivity index (χ1) is 40.2. The highest BCUT2D eigenvalue weighted by Crippen LogP contribution is 2.43. The molecule has 0 heterocycles. The van der Waals surface area contributed by atoms with E-state index in [-0.39, 0.29) is 19.3 Å². The molecule has 12 heteroatoms. The van der Waals surface area contributed by atoms with E-state index in [4.69, 9.17) is 23.3 Å². The summed E-state index contributed by atoms with van der Waals surface area (Å²) in [5, 5.41) is 9.85. The Bertz CT molecular complexity index is 1980. The number of carbonyl (C=O) groups is 3. The van der Waals surface area contributed by atoms with Gasteiger partial charge in [-0.1, -0.05) is 230 Å². The second-order valence-corrected chi connectivity index (χ2v) is 21.6. The monoisotopic (exact) mass is 1160 g/mol. The van der Waals surface area contributed by atoms with Gasteiger partial charge in [-0.3, -0.25) is 23.4 Å². The maximum Gasteiger partial charge on any atom is 0.472 e. The summed E-state index contributed by atoms with van der Waals surface area (Å²) >= 11 is 0. The Labute approximate surface area is 498 Å². The van der Waals surface area contributed by atoms with Gasteiger partial charge in [0.1, 0.15) is 12.7 Å². The molecule has 0 spiro atoms. The van der Waals surface area contributed by atoms with Gasteiger partial charge >= 0.3 is 25.7 Å². The number of phosphoric ester groups is 1. The van der Waals surface area contributed by atoms with Gasteiger partial charge in [-0.25, -0.2) is 4.57 Å². The highest BCUT2D eigenvalue weighted by Gasteiger charge is 2.28. The molecule has 2 N–H and O–H groups in total. The third kappa shape index (κ3) is 59.7. The van der Waals surface area contributed by atoms with Crippen LogP contribution in [0.4, 0.5) is 0 Å². The van der Waals surface area contributed by atoms with Gasteiger partial charge < -0.3 is 24.2 Å². The number of carbonyl (C=O) groups excluding carboxylic acids is 3. The van der Waals surface area contributed by atoms with Crippen LogP contribution in [-0.4, -0.2) is 66.5 Å². The van der Waals surface area contributed by atoms with E-state index < -0.39 is 64.4 Å². The zero-order chi connectivity index (χ0) is 59.8. The van der Waals surface area contributed by atoms with Crippen molar-refractivity contribution in [3.8, 4) is 0 Å². The molecular formula is C70H111O11P. The van der Waals surface area contributed by atoms with Crippen molar-refractivity contribution in [2.75, 3.05) is 26.4 Å². The maximum atomic E-state index is 13.0. The number of unbranched alkanes of at least 4 members (excludes halogenated alkanes) is 13. The van der Waals surface area contributed by atoms with Crippen molar-refractivity contribution in [2.45, 2.75) is 238 Å². The van der Waals surface area contributed by atoms with Gasteiger partial charge in [-0.2, -0.15) is 0 Å². The molecule has 82 heavy (non-hydrogen) atoms. The van der Waals surface area contributed by atoms with Crippen molar-refractivity contribution >= 4 is 25.7 Å². The summed E-state index contributed by atoms with van der Waals surface area (Å²) in [6, 6.07) is 0. The molecule has 0 radical (unpaired) electrons. The van der Waals surface area contributed by atoms with Crippen LogP contribution in [-0.2, 0) is 42.2 Å². The Morgan fingerprint density at radius 2 is 0.659 bits per heavy atom. The summed E-state index contributed by atoms with van der Waals surface area (Å²) in [4.78, 5) is 48.7. The summed E-state index contributed by atoms with van der Waals surface area (Å²) in [7, 11) is -4.79. The van der Waals surface area contributed by atoms with Crippen molar-refractivity contribution < 1.29 is 52.2 Å². The van der Waals surface area contributed by atoms with Gasteiger partial charge in [-0.15, -0.1) is 0 Å². The first-order valence-electron chi connectivity index (χ1n) is 31.4. The van der Waals surface area contributed by atoms with Crippen LogP contribution >= 0.6 is 7.82 Å².